The summed E-state index contributed by atoms with van der Waals surface area (Å²) in [5.74, 6) is -0.988. The summed E-state index contributed by atoms with van der Waals surface area (Å²) in [5, 5.41) is 9.23. The van der Waals surface area contributed by atoms with Crippen LogP contribution in [0.4, 0.5) is 5.69 Å². The molecule has 5 nitrogen and oxygen atoms in total. The maximum absolute atomic E-state index is 11.3. The summed E-state index contributed by atoms with van der Waals surface area (Å²) in [7, 11) is 0. The topological polar surface area (TPSA) is 89.1 Å². The van der Waals surface area contributed by atoms with E-state index in [1.54, 1.807) is 12.1 Å². The third kappa shape index (κ3) is 2.86. The maximum Gasteiger partial charge on any atom is 0.335 e. The summed E-state index contributed by atoms with van der Waals surface area (Å²) in [6.45, 7) is 0. The van der Waals surface area contributed by atoms with E-state index in [1.807, 2.05) is 54.6 Å². The minimum Gasteiger partial charge on any atom is -0.478 e. The van der Waals surface area contributed by atoms with Gasteiger partial charge in [0.1, 0.15) is 0 Å². The number of aromatic carboxylic acids is 1. The molecule has 0 saturated heterocycles. The zero-order chi connectivity index (χ0) is 18.1. The van der Waals surface area contributed by atoms with Gasteiger partial charge in [-0.25, -0.2) is 14.8 Å². The number of carbonyl (C=O) groups is 1. The van der Waals surface area contributed by atoms with E-state index in [-0.39, 0.29) is 5.56 Å². The summed E-state index contributed by atoms with van der Waals surface area (Å²) in [6.07, 6.45) is 0. The van der Waals surface area contributed by atoms with Gasteiger partial charge in [-0.3, -0.25) is 0 Å². The highest BCUT2D eigenvalue weighted by atomic mass is 16.4. The lowest BCUT2D eigenvalue weighted by Gasteiger charge is -2.11. The fourth-order valence-corrected chi connectivity index (χ4v) is 2.83. The first-order chi connectivity index (χ1) is 12.6. The number of carboxylic acid groups (broad SMARTS) is 1. The molecule has 0 aliphatic rings. The lowest BCUT2D eigenvalue weighted by molar-refractivity contribution is 0.0697. The average molecular weight is 341 g/mol. The van der Waals surface area contributed by atoms with Crippen LogP contribution in [0.3, 0.4) is 0 Å². The lowest BCUT2D eigenvalue weighted by Crippen LogP contribution is -1.99. The molecule has 0 saturated carbocycles. The fraction of sp³-hybridized carbons (Fsp3) is 0. The first kappa shape index (κ1) is 15.8. The van der Waals surface area contributed by atoms with Crippen LogP contribution in [0.25, 0.3) is 33.5 Å². The number of nitrogens with two attached hydrogens (primary N) is 1. The van der Waals surface area contributed by atoms with Crippen molar-refractivity contribution in [3.63, 3.8) is 0 Å². The Hall–Kier alpha value is -3.73. The van der Waals surface area contributed by atoms with Crippen LogP contribution in [0.15, 0.2) is 72.8 Å². The zero-order valence-corrected chi connectivity index (χ0v) is 13.8. The molecule has 0 spiro atoms. The molecule has 0 unspecified atom stereocenters. The fourth-order valence-electron chi connectivity index (χ4n) is 2.83. The SMILES string of the molecule is Nc1ccc(-c2nc3ccc(C(=O)O)cc3nc2-c2ccccc2)cc1. The Bertz CT molecular complexity index is 1110. The molecule has 3 N–H and O–H groups in total. The van der Waals surface area contributed by atoms with Crippen LogP contribution < -0.4 is 5.73 Å². The van der Waals surface area contributed by atoms with Crippen molar-refractivity contribution in [3.05, 3.63) is 78.4 Å². The van der Waals surface area contributed by atoms with Gasteiger partial charge in [-0.05, 0) is 30.3 Å². The third-order valence-electron chi connectivity index (χ3n) is 4.14. The summed E-state index contributed by atoms with van der Waals surface area (Å²) >= 11 is 0. The number of fused-ring (bicyclic) bond motifs is 1. The van der Waals surface area contributed by atoms with Gasteiger partial charge in [0.15, 0.2) is 0 Å². The molecular formula is C21H15N3O2. The average Bonchev–Trinajstić information content (AvgIpc) is 2.68. The Morgan fingerprint density at radius 3 is 2.04 bits per heavy atom. The summed E-state index contributed by atoms with van der Waals surface area (Å²) in [4.78, 5) is 20.7. The molecule has 3 aromatic carbocycles. The van der Waals surface area contributed by atoms with Crippen LogP contribution in [-0.2, 0) is 0 Å². The van der Waals surface area contributed by atoms with Gasteiger partial charge in [-0.15, -0.1) is 0 Å². The van der Waals surface area contributed by atoms with E-state index >= 15 is 0 Å². The monoisotopic (exact) mass is 341 g/mol. The van der Waals surface area contributed by atoms with Gasteiger partial charge in [-0.2, -0.15) is 0 Å². The van der Waals surface area contributed by atoms with Crippen LogP contribution >= 0.6 is 0 Å². The quantitative estimate of drug-likeness (QED) is 0.544. The molecule has 4 aromatic rings. The van der Waals surface area contributed by atoms with Crippen LogP contribution in [0, 0.1) is 0 Å². The van der Waals surface area contributed by atoms with E-state index in [9.17, 15) is 9.90 Å². The zero-order valence-electron chi connectivity index (χ0n) is 13.8. The molecule has 0 aliphatic carbocycles. The molecule has 0 aliphatic heterocycles. The maximum atomic E-state index is 11.3. The van der Waals surface area contributed by atoms with Gasteiger partial charge in [0.05, 0.1) is 28.0 Å². The summed E-state index contributed by atoms with van der Waals surface area (Å²) in [5.41, 5.74) is 11.1. The lowest BCUT2D eigenvalue weighted by atomic mass is 10.0. The number of benzene rings is 3. The molecule has 26 heavy (non-hydrogen) atoms. The van der Waals surface area contributed by atoms with Crippen molar-refractivity contribution in [2.75, 3.05) is 5.73 Å². The molecule has 0 radical (unpaired) electrons. The number of hydrogen-bond donors (Lipinski definition) is 2. The van der Waals surface area contributed by atoms with E-state index in [0.29, 0.717) is 22.4 Å². The second-order valence-corrected chi connectivity index (χ2v) is 5.92. The van der Waals surface area contributed by atoms with Crippen LogP contribution in [0.2, 0.25) is 0 Å². The number of carboxylic acids is 1. The Kier molecular flexibility index (Phi) is 3.82. The van der Waals surface area contributed by atoms with E-state index in [1.165, 1.54) is 6.07 Å². The second-order valence-electron chi connectivity index (χ2n) is 5.92. The van der Waals surface area contributed by atoms with E-state index < -0.39 is 5.97 Å². The van der Waals surface area contributed by atoms with Crippen LogP contribution in [0.5, 0.6) is 0 Å². The standard InChI is InChI=1S/C21H15N3O2/c22-16-9-6-14(7-10-16)20-19(13-4-2-1-3-5-13)24-18-12-15(21(25)26)8-11-17(18)23-20/h1-12H,22H2,(H,25,26). The van der Waals surface area contributed by atoms with Crippen molar-refractivity contribution in [2.24, 2.45) is 0 Å². The minimum absolute atomic E-state index is 0.186. The molecule has 5 heteroatoms. The molecule has 126 valence electrons. The predicted octanol–water partition coefficient (Wildman–Crippen LogP) is 4.24. The Morgan fingerprint density at radius 2 is 1.38 bits per heavy atom. The third-order valence-corrected chi connectivity index (χ3v) is 4.14. The summed E-state index contributed by atoms with van der Waals surface area (Å²) < 4.78 is 0. The number of anilines is 1. The number of nitrogens with zero attached hydrogens (tertiary/aromatic N) is 2. The largest absolute Gasteiger partial charge is 0.478 e. The van der Waals surface area contributed by atoms with Gasteiger partial charge >= 0.3 is 5.97 Å². The van der Waals surface area contributed by atoms with E-state index in [4.69, 9.17) is 15.7 Å². The first-order valence-corrected chi connectivity index (χ1v) is 8.08. The number of aromatic nitrogens is 2. The highest BCUT2D eigenvalue weighted by molar-refractivity contribution is 5.94. The summed E-state index contributed by atoms with van der Waals surface area (Å²) in [6, 6.07) is 21.9. The molecule has 0 atom stereocenters. The van der Waals surface area contributed by atoms with Crippen LogP contribution in [0.1, 0.15) is 10.4 Å². The molecule has 4 rings (SSSR count). The van der Waals surface area contributed by atoms with Crippen molar-refractivity contribution in [2.45, 2.75) is 0 Å². The van der Waals surface area contributed by atoms with Gasteiger partial charge < -0.3 is 10.8 Å². The van der Waals surface area contributed by atoms with Crippen molar-refractivity contribution in [3.8, 4) is 22.5 Å². The molecule has 1 aromatic heterocycles. The predicted molar refractivity (Wildman–Crippen MR) is 102 cm³/mol. The van der Waals surface area contributed by atoms with Gasteiger partial charge in [0, 0.05) is 16.8 Å². The van der Waals surface area contributed by atoms with Gasteiger partial charge in [0.25, 0.3) is 0 Å². The molecule has 0 fully saturated rings. The van der Waals surface area contributed by atoms with Gasteiger partial charge in [0.2, 0.25) is 0 Å². The second kappa shape index (κ2) is 6.29. The van der Waals surface area contributed by atoms with Crippen LogP contribution in [-0.4, -0.2) is 21.0 Å². The first-order valence-electron chi connectivity index (χ1n) is 8.08. The van der Waals surface area contributed by atoms with Crippen molar-refractivity contribution in [1.29, 1.82) is 0 Å². The van der Waals surface area contributed by atoms with Gasteiger partial charge in [-0.1, -0.05) is 42.5 Å². The number of hydrogen-bond acceptors (Lipinski definition) is 4. The Morgan fingerprint density at radius 1 is 0.769 bits per heavy atom. The number of rotatable bonds is 3. The van der Waals surface area contributed by atoms with Crippen molar-refractivity contribution in [1.82, 2.24) is 9.97 Å². The molecular weight excluding hydrogens is 326 g/mol. The Labute approximate surface area is 149 Å². The highest BCUT2D eigenvalue weighted by Gasteiger charge is 2.14. The Balaban J connectivity index is 2.00. The van der Waals surface area contributed by atoms with Crippen molar-refractivity contribution < 1.29 is 9.90 Å². The normalized spacial score (nSPS) is 10.8. The number of nitrogen functional groups attached to an aromatic ring is 1. The van der Waals surface area contributed by atoms with E-state index in [2.05, 4.69) is 0 Å². The molecule has 1 heterocycles. The molecule has 0 amide bonds. The smallest absolute Gasteiger partial charge is 0.335 e. The van der Waals surface area contributed by atoms with E-state index in [0.717, 1.165) is 16.8 Å². The molecule has 0 bridgehead atoms. The minimum atomic E-state index is -0.988. The highest BCUT2D eigenvalue weighted by Crippen LogP contribution is 2.31. The van der Waals surface area contributed by atoms with Crippen molar-refractivity contribution >= 4 is 22.7 Å².